The number of benzene rings is 1. The van der Waals surface area contributed by atoms with Gasteiger partial charge in [0.1, 0.15) is 5.75 Å². The molecule has 92 valence electrons. The fourth-order valence-electron chi connectivity index (χ4n) is 2.49. The van der Waals surface area contributed by atoms with Crippen molar-refractivity contribution in [2.45, 2.75) is 19.4 Å². The SMILES string of the molecule is CC1=CC(=O)N(C2CCOc3ccccc32)C1=O. The van der Waals surface area contributed by atoms with Crippen LogP contribution in [0.15, 0.2) is 35.9 Å². The Balaban J connectivity index is 2.00. The molecule has 1 unspecified atom stereocenters. The molecule has 2 aliphatic heterocycles. The van der Waals surface area contributed by atoms with Gasteiger partial charge in [-0.05, 0) is 13.0 Å². The second kappa shape index (κ2) is 3.98. The Hall–Kier alpha value is -2.10. The first-order valence-electron chi connectivity index (χ1n) is 5.96. The summed E-state index contributed by atoms with van der Waals surface area (Å²) < 4.78 is 5.54. The summed E-state index contributed by atoms with van der Waals surface area (Å²) in [5, 5.41) is 0. The zero-order valence-electron chi connectivity index (χ0n) is 10.1. The molecule has 4 heteroatoms. The first-order chi connectivity index (χ1) is 8.68. The van der Waals surface area contributed by atoms with Crippen molar-refractivity contribution < 1.29 is 14.3 Å². The number of carbonyl (C=O) groups is 2. The summed E-state index contributed by atoms with van der Waals surface area (Å²) in [5.41, 5.74) is 1.41. The molecule has 0 saturated carbocycles. The van der Waals surface area contributed by atoms with Crippen LogP contribution in [-0.4, -0.2) is 23.3 Å². The van der Waals surface area contributed by atoms with Crippen molar-refractivity contribution in [3.05, 3.63) is 41.5 Å². The van der Waals surface area contributed by atoms with Gasteiger partial charge >= 0.3 is 0 Å². The van der Waals surface area contributed by atoms with Gasteiger partial charge in [-0.25, -0.2) is 0 Å². The fourth-order valence-corrected chi connectivity index (χ4v) is 2.49. The van der Waals surface area contributed by atoms with Gasteiger partial charge in [0.15, 0.2) is 0 Å². The first kappa shape index (κ1) is 11.0. The molecule has 2 amide bonds. The van der Waals surface area contributed by atoms with Gasteiger partial charge in [0.05, 0.1) is 12.6 Å². The molecule has 0 N–H and O–H groups in total. The van der Waals surface area contributed by atoms with Gasteiger partial charge in [-0.2, -0.15) is 0 Å². The van der Waals surface area contributed by atoms with E-state index in [4.69, 9.17) is 4.74 Å². The van der Waals surface area contributed by atoms with E-state index in [9.17, 15) is 9.59 Å². The topological polar surface area (TPSA) is 46.6 Å². The summed E-state index contributed by atoms with van der Waals surface area (Å²) in [6, 6.07) is 7.35. The molecule has 1 aromatic carbocycles. The number of imide groups is 1. The van der Waals surface area contributed by atoms with Crippen LogP contribution in [0.1, 0.15) is 24.9 Å². The van der Waals surface area contributed by atoms with Crippen LogP contribution < -0.4 is 4.74 Å². The molecule has 2 heterocycles. The molecule has 1 aromatic rings. The zero-order valence-corrected chi connectivity index (χ0v) is 10.1. The number of ether oxygens (including phenoxy) is 1. The molecule has 0 aliphatic carbocycles. The Morgan fingerprint density at radius 1 is 1.28 bits per heavy atom. The van der Waals surface area contributed by atoms with E-state index in [0.717, 1.165) is 11.3 Å². The lowest BCUT2D eigenvalue weighted by molar-refractivity contribution is -0.140. The van der Waals surface area contributed by atoms with E-state index in [1.807, 2.05) is 24.3 Å². The van der Waals surface area contributed by atoms with Crippen LogP contribution in [0.4, 0.5) is 0 Å². The van der Waals surface area contributed by atoms with E-state index >= 15 is 0 Å². The number of amides is 2. The monoisotopic (exact) mass is 243 g/mol. The van der Waals surface area contributed by atoms with Gasteiger partial charge in [0.2, 0.25) is 0 Å². The van der Waals surface area contributed by atoms with Crippen molar-refractivity contribution in [1.82, 2.24) is 4.90 Å². The number of para-hydroxylation sites is 1. The van der Waals surface area contributed by atoms with E-state index in [1.165, 1.54) is 11.0 Å². The molecule has 0 saturated heterocycles. The van der Waals surface area contributed by atoms with Crippen LogP contribution in [0, 0.1) is 0 Å². The summed E-state index contributed by atoms with van der Waals surface area (Å²) >= 11 is 0. The molecule has 18 heavy (non-hydrogen) atoms. The van der Waals surface area contributed by atoms with Gasteiger partial charge in [-0.15, -0.1) is 0 Å². The second-order valence-corrected chi connectivity index (χ2v) is 4.53. The van der Waals surface area contributed by atoms with Gasteiger partial charge < -0.3 is 4.74 Å². The smallest absolute Gasteiger partial charge is 0.257 e. The summed E-state index contributed by atoms with van der Waals surface area (Å²) in [5.74, 6) is 0.347. The quantitative estimate of drug-likeness (QED) is 0.707. The number of rotatable bonds is 1. The lowest BCUT2D eigenvalue weighted by Gasteiger charge is -2.31. The minimum absolute atomic E-state index is 0.193. The first-order valence-corrected chi connectivity index (χ1v) is 5.96. The van der Waals surface area contributed by atoms with E-state index in [2.05, 4.69) is 0 Å². The molecule has 0 fully saturated rings. The second-order valence-electron chi connectivity index (χ2n) is 4.53. The average Bonchev–Trinajstić information content (AvgIpc) is 2.63. The predicted molar refractivity (Wildman–Crippen MR) is 64.9 cm³/mol. The summed E-state index contributed by atoms with van der Waals surface area (Å²) in [4.78, 5) is 25.3. The van der Waals surface area contributed by atoms with E-state index in [1.54, 1.807) is 6.92 Å². The number of hydrogen-bond acceptors (Lipinski definition) is 3. The molecular formula is C14H13NO3. The van der Waals surface area contributed by atoms with Gasteiger partial charge in [0.25, 0.3) is 11.8 Å². The van der Waals surface area contributed by atoms with Crippen molar-refractivity contribution in [3.8, 4) is 5.75 Å². The zero-order chi connectivity index (χ0) is 12.7. The molecule has 4 nitrogen and oxygen atoms in total. The van der Waals surface area contributed by atoms with E-state index in [-0.39, 0.29) is 17.9 Å². The highest BCUT2D eigenvalue weighted by Gasteiger charge is 2.37. The summed E-state index contributed by atoms with van der Waals surface area (Å²) in [6.45, 7) is 2.20. The van der Waals surface area contributed by atoms with Crippen LogP contribution in [0.5, 0.6) is 5.75 Å². The largest absolute Gasteiger partial charge is 0.493 e. The maximum absolute atomic E-state index is 12.0. The van der Waals surface area contributed by atoms with Crippen LogP contribution in [0.3, 0.4) is 0 Å². The maximum atomic E-state index is 12.0. The molecule has 0 spiro atoms. The van der Waals surface area contributed by atoms with E-state index in [0.29, 0.717) is 18.6 Å². The molecule has 3 rings (SSSR count). The predicted octanol–water partition coefficient (Wildman–Crippen LogP) is 1.83. The fraction of sp³-hybridized carbons (Fsp3) is 0.286. The Bertz CT molecular complexity index is 562. The molecule has 0 radical (unpaired) electrons. The summed E-state index contributed by atoms with van der Waals surface area (Å²) in [6.07, 6.45) is 2.05. The maximum Gasteiger partial charge on any atom is 0.257 e. The normalized spacial score (nSPS) is 22.6. The molecule has 1 atom stereocenters. The highest BCUT2D eigenvalue weighted by Crippen LogP contribution is 2.37. The number of nitrogens with zero attached hydrogens (tertiary/aromatic N) is 1. The van der Waals surface area contributed by atoms with Crippen molar-refractivity contribution in [2.75, 3.05) is 6.61 Å². The average molecular weight is 243 g/mol. The van der Waals surface area contributed by atoms with Crippen molar-refractivity contribution in [2.24, 2.45) is 0 Å². The Morgan fingerprint density at radius 2 is 2.06 bits per heavy atom. The lowest BCUT2D eigenvalue weighted by Crippen LogP contribution is -2.37. The van der Waals surface area contributed by atoms with Gasteiger partial charge in [-0.3, -0.25) is 14.5 Å². The molecule has 2 aliphatic rings. The van der Waals surface area contributed by atoms with Crippen LogP contribution in [-0.2, 0) is 9.59 Å². The number of fused-ring (bicyclic) bond motifs is 1. The third kappa shape index (κ3) is 1.53. The number of hydrogen-bond donors (Lipinski definition) is 0. The standard InChI is InChI=1S/C14H13NO3/c1-9-8-13(16)15(14(9)17)11-6-7-18-12-5-3-2-4-10(11)12/h2-5,8,11H,6-7H2,1H3. The van der Waals surface area contributed by atoms with Crippen molar-refractivity contribution >= 4 is 11.8 Å². The van der Waals surface area contributed by atoms with E-state index < -0.39 is 0 Å². The van der Waals surface area contributed by atoms with Gasteiger partial charge in [0, 0.05) is 23.6 Å². The molecule has 0 aromatic heterocycles. The van der Waals surface area contributed by atoms with Crippen LogP contribution >= 0.6 is 0 Å². The Labute approximate surface area is 105 Å². The number of carbonyl (C=O) groups excluding carboxylic acids is 2. The minimum Gasteiger partial charge on any atom is -0.493 e. The third-order valence-electron chi connectivity index (χ3n) is 3.37. The Kier molecular flexibility index (Phi) is 2.44. The van der Waals surface area contributed by atoms with Gasteiger partial charge in [-0.1, -0.05) is 18.2 Å². The van der Waals surface area contributed by atoms with Crippen LogP contribution in [0.25, 0.3) is 0 Å². The third-order valence-corrected chi connectivity index (χ3v) is 3.37. The molecule has 0 bridgehead atoms. The summed E-state index contributed by atoms with van der Waals surface area (Å²) in [7, 11) is 0. The molecular weight excluding hydrogens is 230 g/mol. The minimum atomic E-state index is -0.223. The van der Waals surface area contributed by atoms with Crippen molar-refractivity contribution in [1.29, 1.82) is 0 Å². The highest BCUT2D eigenvalue weighted by molar-refractivity contribution is 6.16. The highest BCUT2D eigenvalue weighted by atomic mass is 16.5. The lowest BCUT2D eigenvalue weighted by atomic mass is 9.99. The van der Waals surface area contributed by atoms with Crippen molar-refractivity contribution in [3.63, 3.8) is 0 Å². The Morgan fingerprint density at radius 3 is 2.78 bits per heavy atom. The van der Waals surface area contributed by atoms with Crippen LogP contribution in [0.2, 0.25) is 0 Å².